The van der Waals surface area contributed by atoms with Crippen molar-refractivity contribution in [3.63, 3.8) is 0 Å². The number of ether oxygens (including phenoxy) is 4. The minimum Gasteiger partial charge on any atom is -0.378 e. The van der Waals surface area contributed by atoms with Crippen LogP contribution in [0.1, 0.15) is 155 Å². The van der Waals surface area contributed by atoms with Crippen LogP contribution in [-0.2, 0) is 18.9 Å². The molecule has 1 aliphatic heterocycles. The van der Waals surface area contributed by atoms with E-state index in [1.807, 2.05) is 0 Å². The molecule has 0 aromatic carbocycles. The third kappa shape index (κ3) is 30.4. The van der Waals surface area contributed by atoms with E-state index in [1.54, 1.807) is 0 Å². The first-order valence-corrected chi connectivity index (χ1v) is 19.6. The van der Waals surface area contributed by atoms with E-state index in [0.29, 0.717) is 26.4 Å². The van der Waals surface area contributed by atoms with E-state index in [2.05, 4.69) is 23.6 Å². The van der Waals surface area contributed by atoms with Gasteiger partial charge in [-0.25, -0.2) is 0 Å². The monoisotopic (exact) mass is 627 g/mol. The van der Waals surface area contributed by atoms with Crippen molar-refractivity contribution in [3.8, 4) is 0 Å². The number of hydrogen-bond donors (Lipinski definition) is 0. The smallest absolute Gasteiger partial charge is 0.0701 e. The summed E-state index contributed by atoms with van der Waals surface area (Å²) >= 11 is 0. The molecule has 1 fully saturated rings. The zero-order chi connectivity index (χ0) is 31.4. The van der Waals surface area contributed by atoms with Gasteiger partial charge in [-0.05, 0) is 25.9 Å². The van der Waals surface area contributed by atoms with Gasteiger partial charge in [-0.15, -0.1) is 0 Å². The lowest BCUT2D eigenvalue weighted by Gasteiger charge is -2.23. The summed E-state index contributed by atoms with van der Waals surface area (Å²) in [6.07, 6.45) is 30.6. The van der Waals surface area contributed by atoms with Crippen LogP contribution in [0, 0.1) is 0 Å². The van der Waals surface area contributed by atoms with Gasteiger partial charge >= 0.3 is 0 Å². The molecule has 0 amide bonds. The molecule has 44 heavy (non-hydrogen) atoms. The summed E-state index contributed by atoms with van der Waals surface area (Å²) in [5.41, 5.74) is 0. The molecule has 264 valence electrons. The Morgan fingerprint density at radius 1 is 0.295 bits per heavy atom. The molecule has 0 atom stereocenters. The molecule has 1 heterocycles. The SMILES string of the molecule is CCCCCCCCCCCCCN1CCOCCOCCN(CCCCCCCCCCCCC)CCOCCOCC1. The largest absolute Gasteiger partial charge is 0.378 e. The Hall–Kier alpha value is -0.240. The van der Waals surface area contributed by atoms with Crippen molar-refractivity contribution >= 4 is 0 Å². The van der Waals surface area contributed by atoms with Crippen molar-refractivity contribution in [3.05, 3.63) is 0 Å². The second kappa shape index (κ2) is 35.6. The van der Waals surface area contributed by atoms with Crippen molar-refractivity contribution in [2.45, 2.75) is 155 Å². The van der Waals surface area contributed by atoms with Crippen LogP contribution in [0.3, 0.4) is 0 Å². The van der Waals surface area contributed by atoms with Gasteiger partial charge in [0.05, 0.1) is 52.9 Å². The summed E-state index contributed by atoms with van der Waals surface area (Å²) < 4.78 is 23.8. The van der Waals surface area contributed by atoms with E-state index in [9.17, 15) is 0 Å². The van der Waals surface area contributed by atoms with Crippen LogP contribution in [0.5, 0.6) is 0 Å². The molecule has 6 heteroatoms. The predicted molar refractivity (Wildman–Crippen MR) is 189 cm³/mol. The Bertz CT molecular complexity index is 473. The second-order valence-corrected chi connectivity index (χ2v) is 13.2. The van der Waals surface area contributed by atoms with Crippen LogP contribution in [0.4, 0.5) is 0 Å². The highest BCUT2D eigenvalue weighted by Gasteiger charge is 2.08. The zero-order valence-electron chi connectivity index (χ0n) is 30.0. The molecule has 1 saturated heterocycles. The molecule has 0 spiro atoms. The molecule has 0 bridgehead atoms. The molecule has 0 saturated carbocycles. The molecule has 0 aromatic heterocycles. The van der Waals surface area contributed by atoms with Gasteiger partial charge in [-0.1, -0.05) is 142 Å². The fourth-order valence-electron chi connectivity index (χ4n) is 6.09. The first-order valence-electron chi connectivity index (χ1n) is 19.6. The summed E-state index contributed by atoms with van der Waals surface area (Å²) in [7, 11) is 0. The van der Waals surface area contributed by atoms with E-state index < -0.39 is 0 Å². The zero-order valence-corrected chi connectivity index (χ0v) is 30.0. The molecule has 0 N–H and O–H groups in total. The molecule has 0 aliphatic carbocycles. The number of hydrogen-bond acceptors (Lipinski definition) is 6. The van der Waals surface area contributed by atoms with Gasteiger partial charge in [0.25, 0.3) is 0 Å². The molecule has 0 aromatic rings. The molecular weight excluding hydrogens is 548 g/mol. The number of nitrogens with zero attached hydrogens (tertiary/aromatic N) is 2. The van der Waals surface area contributed by atoms with Gasteiger partial charge in [0.2, 0.25) is 0 Å². The van der Waals surface area contributed by atoms with E-state index in [1.165, 1.54) is 141 Å². The van der Waals surface area contributed by atoms with Gasteiger partial charge in [0.1, 0.15) is 0 Å². The molecule has 1 rings (SSSR count). The molecule has 0 unspecified atom stereocenters. The van der Waals surface area contributed by atoms with E-state index in [-0.39, 0.29) is 0 Å². The Morgan fingerprint density at radius 3 is 0.773 bits per heavy atom. The van der Waals surface area contributed by atoms with Crippen molar-refractivity contribution in [1.82, 2.24) is 9.80 Å². The highest BCUT2D eigenvalue weighted by atomic mass is 16.5. The Morgan fingerprint density at radius 2 is 0.523 bits per heavy atom. The van der Waals surface area contributed by atoms with Crippen LogP contribution in [0.25, 0.3) is 0 Å². The molecule has 6 nitrogen and oxygen atoms in total. The summed E-state index contributed by atoms with van der Waals surface area (Å²) in [4.78, 5) is 5.04. The van der Waals surface area contributed by atoms with Gasteiger partial charge in [0, 0.05) is 26.2 Å². The van der Waals surface area contributed by atoms with Crippen molar-refractivity contribution in [1.29, 1.82) is 0 Å². The van der Waals surface area contributed by atoms with Crippen LogP contribution in [0.15, 0.2) is 0 Å². The maximum atomic E-state index is 5.95. The van der Waals surface area contributed by atoms with E-state index in [0.717, 1.165) is 65.7 Å². The quantitative estimate of drug-likeness (QED) is 0.0995. The molecule has 1 aliphatic rings. The summed E-state index contributed by atoms with van der Waals surface area (Å²) in [6, 6.07) is 0. The third-order valence-electron chi connectivity index (χ3n) is 9.11. The maximum Gasteiger partial charge on any atom is 0.0701 e. The number of unbranched alkanes of at least 4 members (excludes halogenated alkanes) is 20. The topological polar surface area (TPSA) is 43.4 Å². The lowest BCUT2D eigenvalue weighted by molar-refractivity contribution is 0.00776. The molecule has 0 radical (unpaired) electrons. The molecular formula is C38H78N2O4. The average Bonchev–Trinajstić information content (AvgIpc) is 3.03. The first kappa shape index (κ1) is 41.8. The van der Waals surface area contributed by atoms with Crippen LogP contribution < -0.4 is 0 Å². The van der Waals surface area contributed by atoms with Crippen LogP contribution >= 0.6 is 0 Å². The van der Waals surface area contributed by atoms with Gasteiger partial charge < -0.3 is 18.9 Å². The standard InChI is InChI=1S/C38H78N2O4/c1-3-5-7-9-11-13-15-17-19-21-23-25-39-27-31-41-35-37-43-33-29-40(30-34-44-38-36-42-32-28-39)26-24-22-20-18-16-14-12-10-8-6-4-2/h3-38H2,1-2H3. The van der Waals surface area contributed by atoms with Crippen LogP contribution in [0.2, 0.25) is 0 Å². The average molecular weight is 627 g/mol. The highest BCUT2D eigenvalue weighted by molar-refractivity contribution is 4.61. The normalized spacial score (nSPS) is 17.9. The predicted octanol–water partition coefficient (Wildman–Crippen LogP) is 9.29. The van der Waals surface area contributed by atoms with E-state index in [4.69, 9.17) is 18.9 Å². The highest BCUT2D eigenvalue weighted by Crippen LogP contribution is 2.13. The minimum absolute atomic E-state index is 0.685. The second-order valence-electron chi connectivity index (χ2n) is 13.2. The lowest BCUT2D eigenvalue weighted by Crippen LogP contribution is -2.34. The fourth-order valence-corrected chi connectivity index (χ4v) is 6.09. The van der Waals surface area contributed by atoms with Crippen molar-refractivity contribution in [2.75, 3.05) is 92.1 Å². The Balaban J connectivity index is 2.13. The fraction of sp³-hybridized carbons (Fsp3) is 1.00. The van der Waals surface area contributed by atoms with Crippen molar-refractivity contribution < 1.29 is 18.9 Å². The summed E-state index contributed by atoms with van der Waals surface area (Å²) in [6.45, 7) is 16.6. The maximum absolute atomic E-state index is 5.95. The van der Waals surface area contributed by atoms with Gasteiger partial charge in [0.15, 0.2) is 0 Å². The first-order chi connectivity index (χ1) is 21.9. The number of rotatable bonds is 24. The van der Waals surface area contributed by atoms with Crippen molar-refractivity contribution in [2.24, 2.45) is 0 Å². The van der Waals surface area contributed by atoms with Gasteiger partial charge in [-0.2, -0.15) is 0 Å². The summed E-state index contributed by atoms with van der Waals surface area (Å²) in [5, 5.41) is 0. The summed E-state index contributed by atoms with van der Waals surface area (Å²) in [5.74, 6) is 0. The third-order valence-corrected chi connectivity index (χ3v) is 9.11. The Labute approximate surface area is 275 Å². The lowest BCUT2D eigenvalue weighted by atomic mass is 10.1. The van der Waals surface area contributed by atoms with Crippen LogP contribution in [-0.4, -0.2) is 102 Å². The van der Waals surface area contributed by atoms with E-state index >= 15 is 0 Å². The Kier molecular flexibility index (Phi) is 33.8. The minimum atomic E-state index is 0.685. The van der Waals surface area contributed by atoms with Gasteiger partial charge in [-0.3, -0.25) is 9.80 Å².